The van der Waals surface area contributed by atoms with Crippen molar-refractivity contribution in [3.05, 3.63) is 149 Å². The van der Waals surface area contributed by atoms with Crippen molar-refractivity contribution < 1.29 is 53.0 Å². The number of aliphatic hydroxyl groups is 2. The van der Waals surface area contributed by atoms with E-state index in [0.29, 0.717) is 5.56 Å². The number of hydrogen-bond donors (Lipinski definition) is 3. The number of carbonyl (C=O) groups is 1. The smallest absolute Gasteiger partial charge is 0.407 e. The van der Waals surface area contributed by atoms with E-state index in [9.17, 15) is 37.1 Å². The highest BCUT2D eigenvalue weighted by molar-refractivity contribution is 5.68. The molecule has 0 radical (unpaired) electrons. The van der Waals surface area contributed by atoms with Crippen LogP contribution in [0.25, 0.3) is 41.8 Å². The van der Waals surface area contributed by atoms with Crippen molar-refractivity contribution in [2.75, 3.05) is 6.54 Å². The van der Waals surface area contributed by atoms with Gasteiger partial charge in [-0.1, -0.05) is 106 Å². The van der Waals surface area contributed by atoms with Crippen LogP contribution in [-0.2, 0) is 57.8 Å². The number of azide groups is 4. The molecule has 3 aromatic carbocycles. The van der Waals surface area contributed by atoms with Gasteiger partial charge in [-0.05, 0) is 72.9 Å². The summed E-state index contributed by atoms with van der Waals surface area (Å²) in [6.45, 7) is 6.23. The van der Waals surface area contributed by atoms with Gasteiger partial charge in [-0.2, -0.15) is 0 Å². The molecule has 6 rings (SSSR count). The first-order valence-electron chi connectivity index (χ1n) is 21.9. The Balaban J connectivity index is 1.42. The van der Waals surface area contributed by atoms with Crippen LogP contribution in [-0.4, -0.2) is 114 Å². The SMILES string of the molecule is C[C@H]1O[C@H]([C@@H]2[C@@H](O)[C@H](O[C@H]3O[C@H](CN=[N+]=[N-])[C@@H](OCc4ccccc4)[C@H](OCc4ccccc4)[C@H]3N=[N+]=[N-])[C@@H](N=[N+]=[N-])C[C@H]2NC(=O)OC(C)(C)C)[C@H](OCc2ccccc2)[C@@H](ON=[N+]=[N-])[C@@H]1O. The van der Waals surface area contributed by atoms with Gasteiger partial charge in [-0.25, -0.2) is 4.79 Å². The van der Waals surface area contributed by atoms with Crippen LogP contribution in [0.3, 0.4) is 0 Å². The highest BCUT2D eigenvalue weighted by Gasteiger charge is 2.58. The van der Waals surface area contributed by atoms with Crippen LogP contribution in [0.1, 0.15) is 50.8 Å². The molecule has 24 heteroatoms. The van der Waals surface area contributed by atoms with Crippen LogP contribution < -0.4 is 5.32 Å². The highest BCUT2D eigenvalue weighted by Crippen LogP contribution is 2.42. The molecule has 2 aliphatic heterocycles. The molecule has 3 aromatic rings. The third-order valence-electron chi connectivity index (χ3n) is 11.7. The molecule has 0 bridgehead atoms. The van der Waals surface area contributed by atoms with Crippen molar-refractivity contribution >= 4 is 6.09 Å². The lowest BCUT2D eigenvalue weighted by molar-refractivity contribution is -0.308. The fraction of sp³-hybridized carbons (Fsp3) is 0.568. The maximum atomic E-state index is 13.6. The van der Waals surface area contributed by atoms with Crippen LogP contribution in [0.15, 0.2) is 112 Å². The molecular weight excluding hydrogens is 887 g/mol. The van der Waals surface area contributed by atoms with Crippen molar-refractivity contribution in [3.8, 4) is 0 Å². The van der Waals surface area contributed by atoms with Crippen molar-refractivity contribution in [3.63, 3.8) is 0 Å². The zero-order valence-corrected chi connectivity index (χ0v) is 37.8. The molecule has 1 amide bonds. The number of benzene rings is 3. The van der Waals surface area contributed by atoms with E-state index in [4.69, 9.17) is 38.0 Å². The highest BCUT2D eigenvalue weighted by atomic mass is 16.7. The predicted molar refractivity (Wildman–Crippen MR) is 240 cm³/mol. The molecule has 15 atom stereocenters. The summed E-state index contributed by atoms with van der Waals surface area (Å²) in [4.78, 5) is 30.9. The van der Waals surface area contributed by atoms with Gasteiger partial charge in [0.2, 0.25) is 0 Å². The third-order valence-corrected chi connectivity index (χ3v) is 11.7. The summed E-state index contributed by atoms with van der Waals surface area (Å²) in [5.74, 6) is -1.27. The van der Waals surface area contributed by atoms with Gasteiger partial charge in [-0.15, -0.1) is 0 Å². The summed E-state index contributed by atoms with van der Waals surface area (Å²) in [5, 5.41) is 42.3. The number of rotatable bonds is 19. The second kappa shape index (κ2) is 24.6. The van der Waals surface area contributed by atoms with Gasteiger partial charge in [0.1, 0.15) is 41.3 Å². The van der Waals surface area contributed by atoms with E-state index in [1.165, 1.54) is 6.92 Å². The number of alkyl carbamates (subject to hydrolysis) is 1. The standard InChI is InChI=1S/C44H55N13O11/c1-25-34(58)40(68-57-56-48)41(63-24-28-18-12-7-13-19-28)38(64-25)32-29(50-43(60)67-44(2,3)4)20-30(51-54-46)36(35(32)59)66-42-33(52-55-47)39(62-23-27-16-10-6-11-17-27)37(31(65-42)21-49-53-45)61-22-26-14-8-5-9-15-26/h5-19,25,29-42,58-59H,20-24H2,1-4H3,(H,50,60)/t25-,29-,30+,31-,32+,33-,34-,35-,36-,37-,38-,39-,40+,41+,42-/m1/s1. The Kier molecular flexibility index (Phi) is 18.5. The van der Waals surface area contributed by atoms with Crippen LogP contribution in [0, 0.1) is 5.92 Å². The van der Waals surface area contributed by atoms with Crippen molar-refractivity contribution in [1.29, 1.82) is 0 Å². The topological polar surface area (TPSA) is 338 Å². The van der Waals surface area contributed by atoms with Crippen molar-refractivity contribution in [2.45, 2.75) is 145 Å². The van der Waals surface area contributed by atoms with Gasteiger partial charge < -0.3 is 53.5 Å². The second-order valence-electron chi connectivity index (χ2n) is 17.4. The Bertz CT molecular complexity index is 2280. The van der Waals surface area contributed by atoms with Crippen LogP contribution in [0.4, 0.5) is 4.79 Å². The molecule has 0 aromatic heterocycles. The third kappa shape index (κ3) is 13.4. The molecular formula is C44H55N13O11. The average molecular weight is 942 g/mol. The molecule has 3 aliphatic rings. The van der Waals surface area contributed by atoms with E-state index in [0.717, 1.165) is 11.1 Å². The molecule has 24 nitrogen and oxygen atoms in total. The maximum Gasteiger partial charge on any atom is 0.407 e. The number of carbonyl (C=O) groups excluding carboxylic acids is 1. The molecule has 2 saturated heterocycles. The Morgan fingerprint density at radius 1 is 0.721 bits per heavy atom. The summed E-state index contributed by atoms with van der Waals surface area (Å²) in [6, 6.07) is 23.7. The zero-order valence-electron chi connectivity index (χ0n) is 37.8. The van der Waals surface area contributed by atoms with Crippen molar-refractivity contribution in [1.82, 2.24) is 5.32 Å². The van der Waals surface area contributed by atoms with E-state index in [1.54, 1.807) is 45.0 Å². The number of ether oxygens (including phenoxy) is 7. The van der Waals surface area contributed by atoms with Gasteiger partial charge in [0.25, 0.3) is 0 Å². The van der Waals surface area contributed by atoms with Gasteiger partial charge in [0, 0.05) is 31.6 Å². The fourth-order valence-corrected chi connectivity index (χ4v) is 8.67. The van der Waals surface area contributed by atoms with Crippen LogP contribution in [0.5, 0.6) is 0 Å². The van der Waals surface area contributed by atoms with Crippen molar-refractivity contribution in [2.24, 2.45) is 26.5 Å². The Hall–Kier alpha value is -6.35. The lowest BCUT2D eigenvalue weighted by Crippen LogP contribution is -2.69. The Morgan fingerprint density at radius 3 is 1.81 bits per heavy atom. The summed E-state index contributed by atoms with van der Waals surface area (Å²) in [6.07, 6.45) is -15.7. The maximum absolute atomic E-state index is 13.6. The van der Waals surface area contributed by atoms with Crippen LogP contribution >= 0.6 is 0 Å². The summed E-state index contributed by atoms with van der Waals surface area (Å²) in [7, 11) is 0. The number of nitrogens with zero attached hydrogens (tertiary/aromatic N) is 12. The summed E-state index contributed by atoms with van der Waals surface area (Å²) < 4.78 is 44.7. The second-order valence-corrected chi connectivity index (χ2v) is 17.4. The van der Waals surface area contributed by atoms with E-state index >= 15 is 0 Å². The van der Waals surface area contributed by atoms with Crippen LogP contribution in [0.2, 0.25) is 0 Å². The average Bonchev–Trinajstić information content (AvgIpc) is 3.32. The molecule has 0 unspecified atom stereocenters. The summed E-state index contributed by atoms with van der Waals surface area (Å²) >= 11 is 0. The van der Waals surface area contributed by atoms with Gasteiger partial charge in [0.05, 0.1) is 62.9 Å². The minimum absolute atomic E-state index is 0.00904. The van der Waals surface area contributed by atoms with E-state index in [1.807, 2.05) is 66.7 Å². The van der Waals surface area contributed by atoms with E-state index in [-0.39, 0.29) is 32.8 Å². The zero-order chi connectivity index (χ0) is 48.6. The first kappa shape index (κ1) is 51.0. The number of nitrogens with one attached hydrogen (secondary N) is 1. The molecule has 68 heavy (non-hydrogen) atoms. The van der Waals surface area contributed by atoms with E-state index in [2.05, 4.69) is 45.6 Å². The van der Waals surface area contributed by atoms with E-state index < -0.39 is 103 Å². The van der Waals surface area contributed by atoms with Gasteiger partial charge in [-0.3, -0.25) is 0 Å². The minimum atomic E-state index is -1.77. The first-order chi connectivity index (χ1) is 32.8. The molecule has 3 N–H and O–H groups in total. The van der Waals surface area contributed by atoms with Gasteiger partial charge in [0.15, 0.2) is 12.4 Å². The number of amides is 1. The Morgan fingerprint density at radius 2 is 1.28 bits per heavy atom. The predicted octanol–water partition coefficient (Wildman–Crippen LogP) is 7.55. The number of hydrogen-bond acceptors (Lipinski definition) is 15. The monoisotopic (exact) mass is 941 g/mol. The first-order valence-corrected chi connectivity index (χ1v) is 21.9. The molecule has 3 fully saturated rings. The minimum Gasteiger partial charge on any atom is -0.444 e. The number of aliphatic hydroxyl groups excluding tert-OH is 2. The lowest BCUT2D eigenvalue weighted by Gasteiger charge is -2.52. The molecule has 0 spiro atoms. The normalized spacial score (nSPS) is 31.3. The fourth-order valence-electron chi connectivity index (χ4n) is 8.67. The largest absolute Gasteiger partial charge is 0.444 e. The molecule has 362 valence electrons. The lowest BCUT2D eigenvalue weighted by atomic mass is 9.71. The molecule has 1 saturated carbocycles. The quantitative estimate of drug-likeness (QED) is 0.0455. The van der Waals surface area contributed by atoms with Gasteiger partial charge >= 0.3 is 6.09 Å². The Labute approximate surface area is 391 Å². The molecule has 1 aliphatic carbocycles. The summed E-state index contributed by atoms with van der Waals surface area (Å²) in [5.41, 5.74) is 40.1. The molecule has 2 heterocycles.